The summed E-state index contributed by atoms with van der Waals surface area (Å²) >= 11 is 0. The Morgan fingerprint density at radius 3 is 2.67 bits per heavy atom. The topological polar surface area (TPSA) is 65.0 Å². The number of carbonyl (C=O) groups is 1. The van der Waals surface area contributed by atoms with Crippen LogP contribution in [0.3, 0.4) is 0 Å². The highest BCUT2D eigenvalue weighted by molar-refractivity contribution is 5.70. The summed E-state index contributed by atoms with van der Waals surface area (Å²) in [5.74, 6) is -0.315. The maximum absolute atomic E-state index is 11.5. The smallest absolute Gasteiger partial charge is 0.308 e. The highest BCUT2D eigenvalue weighted by Crippen LogP contribution is 2.41. The summed E-state index contributed by atoms with van der Waals surface area (Å²) in [4.78, 5) is 11.5. The van der Waals surface area contributed by atoms with E-state index in [4.69, 9.17) is 14.2 Å². The molecule has 1 saturated carbocycles. The fourth-order valence-electron chi connectivity index (χ4n) is 2.68. The molecule has 0 spiro atoms. The lowest BCUT2D eigenvalue weighted by Gasteiger charge is -2.31. The van der Waals surface area contributed by atoms with Crippen molar-refractivity contribution < 1.29 is 24.1 Å². The van der Waals surface area contributed by atoms with Crippen molar-refractivity contribution in [3.05, 3.63) is 0 Å². The zero-order chi connectivity index (χ0) is 13.6. The van der Waals surface area contributed by atoms with Gasteiger partial charge in [-0.3, -0.25) is 4.79 Å². The van der Waals surface area contributed by atoms with Gasteiger partial charge in [0.15, 0.2) is 6.29 Å². The van der Waals surface area contributed by atoms with Crippen molar-refractivity contribution in [2.24, 2.45) is 5.92 Å². The maximum Gasteiger partial charge on any atom is 0.308 e. The summed E-state index contributed by atoms with van der Waals surface area (Å²) in [5, 5.41) is 10.6. The summed E-state index contributed by atoms with van der Waals surface area (Å²) in [5.41, 5.74) is -0.971. The van der Waals surface area contributed by atoms with Gasteiger partial charge < -0.3 is 19.3 Å². The number of ether oxygens (including phenoxy) is 3. The van der Waals surface area contributed by atoms with Crippen LogP contribution in [-0.2, 0) is 19.0 Å². The molecule has 0 aromatic rings. The van der Waals surface area contributed by atoms with Crippen molar-refractivity contribution in [3.8, 4) is 0 Å². The summed E-state index contributed by atoms with van der Waals surface area (Å²) < 4.78 is 15.2. The van der Waals surface area contributed by atoms with E-state index in [9.17, 15) is 9.90 Å². The average Bonchev–Trinajstić information content (AvgIpc) is 2.67. The summed E-state index contributed by atoms with van der Waals surface area (Å²) in [7, 11) is 3.15. The standard InChI is InChI=1S/C13H24O5/c1-4-18-11(14)9-13(15)7-5-6-10(13)8-12(16-2)17-3/h10,12,15H,4-9H2,1-3H3/t10-,13-/m1/s1. The first kappa shape index (κ1) is 15.4. The molecular formula is C13H24O5. The molecule has 1 N–H and O–H groups in total. The van der Waals surface area contributed by atoms with Crippen molar-refractivity contribution in [2.45, 2.75) is 50.9 Å². The van der Waals surface area contributed by atoms with E-state index in [1.165, 1.54) is 0 Å². The Hall–Kier alpha value is -0.650. The van der Waals surface area contributed by atoms with E-state index < -0.39 is 5.60 Å². The molecule has 18 heavy (non-hydrogen) atoms. The summed E-state index contributed by atoms with van der Waals surface area (Å²) in [6.07, 6.45) is 2.77. The van der Waals surface area contributed by atoms with Gasteiger partial charge in [-0.05, 0) is 25.7 Å². The van der Waals surface area contributed by atoms with Gasteiger partial charge in [0.1, 0.15) is 0 Å². The van der Waals surface area contributed by atoms with Crippen LogP contribution in [0.4, 0.5) is 0 Å². The molecule has 5 nitrogen and oxygen atoms in total. The van der Waals surface area contributed by atoms with Crippen LogP contribution in [0.5, 0.6) is 0 Å². The van der Waals surface area contributed by atoms with E-state index in [2.05, 4.69) is 0 Å². The first-order valence-corrected chi connectivity index (χ1v) is 6.49. The van der Waals surface area contributed by atoms with Gasteiger partial charge in [-0.25, -0.2) is 0 Å². The predicted octanol–water partition coefficient (Wildman–Crippen LogP) is 1.48. The van der Waals surface area contributed by atoms with E-state index in [1.54, 1.807) is 21.1 Å². The lowest BCUT2D eigenvalue weighted by atomic mass is 9.85. The Labute approximate surface area is 108 Å². The molecular weight excluding hydrogens is 236 g/mol. The van der Waals surface area contributed by atoms with Crippen LogP contribution in [0.15, 0.2) is 0 Å². The highest BCUT2D eigenvalue weighted by atomic mass is 16.7. The lowest BCUT2D eigenvalue weighted by Crippen LogP contribution is -2.38. The second-order valence-electron chi connectivity index (χ2n) is 4.81. The molecule has 1 fully saturated rings. The van der Waals surface area contributed by atoms with Gasteiger partial charge in [0.2, 0.25) is 0 Å². The molecule has 0 saturated heterocycles. The minimum absolute atomic E-state index is 0.0202. The van der Waals surface area contributed by atoms with Crippen LogP contribution in [0.1, 0.15) is 39.0 Å². The molecule has 0 amide bonds. The number of methoxy groups -OCH3 is 2. The molecule has 2 atom stereocenters. The highest BCUT2D eigenvalue weighted by Gasteiger charge is 2.43. The van der Waals surface area contributed by atoms with Crippen molar-refractivity contribution in [1.29, 1.82) is 0 Å². The number of aliphatic hydroxyl groups is 1. The first-order valence-electron chi connectivity index (χ1n) is 6.49. The Morgan fingerprint density at radius 1 is 1.44 bits per heavy atom. The SMILES string of the molecule is CCOC(=O)C[C@]1(O)CCC[C@@H]1CC(OC)OC. The van der Waals surface area contributed by atoms with Gasteiger partial charge in [0.25, 0.3) is 0 Å². The van der Waals surface area contributed by atoms with Crippen LogP contribution >= 0.6 is 0 Å². The molecule has 0 aliphatic heterocycles. The van der Waals surface area contributed by atoms with E-state index >= 15 is 0 Å². The van der Waals surface area contributed by atoms with Crippen LogP contribution in [0.2, 0.25) is 0 Å². The van der Waals surface area contributed by atoms with E-state index in [-0.39, 0.29) is 24.6 Å². The Balaban J connectivity index is 2.58. The predicted molar refractivity (Wildman–Crippen MR) is 66.0 cm³/mol. The van der Waals surface area contributed by atoms with Gasteiger partial charge >= 0.3 is 5.97 Å². The fraction of sp³-hybridized carbons (Fsp3) is 0.923. The van der Waals surface area contributed by atoms with Crippen molar-refractivity contribution in [2.75, 3.05) is 20.8 Å². The van der Waals surface area contributed by atoms with Crippen LogP contribution in [0, 0.1) is 5.92 Å². The first-order chi connectivity index (χ1) is 8.55. The Morgan fingerprint density at radius 2 is 2.11 bits per heavy atom. The maximum atomic E-state index is 11.5. The van der Waals surface area contributed by atoms with Crippen LogP contribution in [-0.4, -0.2) is 43.8 Å². The second kappa shape index (κ2) is 7.07. The van der Waals surface area contributed by atoms with Crippen LogP contribution < -0.4 is 0 Å². The summed E-state index contributed by atoms with van der Waals surface area (Å²) in [6.45, 7) is 2.11. The molecule has 0 unspecified atom stereocenters. The van der Waals surface area contributed by atoms with Crippen molar-refractivity contribution in [1.82, 2.24) is 0 Å². The Bertz CT molecular complexity index is 264. The molecule has 1 rings (SSSR count). The van der Waals surface area contributed by atoms with Gasteiger partial charge in [-0.1, -0.05) is 6.42 Å². The van der Waals surface area contributed by atoms with E-state index in [1.807, 2.05) is 0 Å². The third-order valence-electron chi connectivity index (χ3n) is 3.68. The second-order valence-corrected chi connectivity index (χ2v) is 4.81. The largest absolute Gasteiger partial charge is 0.466 e. The third-order valence-corrected chi connectivity index (χ3v) is 3.68. The summed E-state index contributed by atoms with van der Waals surface area (Å²) in [6, 6.07) is 0. The number of carbonyl (C=O) groups excluding carboxylic acids is 1. The number of hydrogen-bond acceptors (Lipinski definition) is 5. The monoisotopic (exact) mass is 260 g/mol. The molecule has 1 aliphatic rings. The number of rotatable bonds is 7. The quantitative estimate of drug-likeness (QED) is 0.555. The molecule has 0 heterocycles. The molecule has 0 radical (unpaired) electrons. The lowest BCUT2D eigenvalue weighted by molar-refractivity contribution is -0.155. The average molecular weight is 260 g/mol. The minimum atomic E-state index is -0.971. The Kier molecular flexibility index (Phi) is 6.05. The van der Waals surface area contributed by atoms with Crippen molar-refractivity contribution in [3.63, 3.8) is 0 Å². The molecule has 0 aromatic carbocycles. The number of esters is 1. The van der Waals surface area contributed by atoms with Gasteiger partial charge in [-0.15, -0.1) is 0 Å². The molecule has 0 bridgehead atoms. The zero-order valence-electron chi connectivity index (χ0n) is 11.5. The van der Waals surface area contributed by atoms with Crippen LogP contribution in [0.25, 0.3) is 0 Å². The zero-order valence-corrected chi connectivity index (χ0v) is 11.5. The van der Waals surface area contributed by atoms with E-state index in [0.717, 1.165) is 12.8 Å². The fourth-order valence-corrected chi connectivity index (χ4v) is 2.68. The number of hydrogen-bond donors (Lipinski definition) is 1. The molecule has 106 valence electrons. The van der Waals surface area contributed by atoms with Gasteiger partial charge in [0.05, 0.1) is 18.6 Å². The van der Waals surface area contributed by atoms with E-state index in [0.29, 0.717) is 19.4 Å². The van der Waals surface area contributed by atoms with Gasteiger partial charge in [0, 0.05) is 20.6 Å². The van der Waals surface area contributed by atoms with Gasteiger partial charge in [-0.2, -0.15) is 0 Å². The minimum Gasteiger partial charge on any atom is -0.466 e. The third kappa shape index (κ3) is 3.93. The normalized spacial score (nSPS) is 27.7. The molecule has 1 aliphatic carbocycles. The molecule has 0 aromatic heterocycles. The van der Waals surface area contributed by atoms with Crippen molar-refractivity contribution >= 4 is 5.97 Å². The molecule has 5 heteroatoms.